The molecule has 0 bridgehead atoms. The molecule has 1 unspecified atom stereocenters. The minimum atomic E-state index is -1.08. The lowest BCUT2D eigenvalue weighted by Gasteiger charge is -2.34. The summed E-state index contributed by atoms with van der Waals surface area (Å²) in [5.74, 6) is -1.55. The third-order valence-electron chi connectivity index (χ3n) is 8.14. The zero-order valence-electron chi connectivity index (χ0n) is 25.7. The number of carboxylic acids is 1. The van der Waals surface area contributed by atoms with Crippen LogP contribution in [0.25, 0.3) is 0 Å². The maximum Gasteiger partial charge on any atom is 0.339 e. The summed E-state index contributed by atoms with van der Waals surface area (Å²) in [6.45, 7) is 6.73. The molecular weight excluding hydrogens is 484 g/mol. The van der Waals surface area contributed by atoms with Gasteiger partial charge in [-0.05, 0) is 50.7 Å². The molecule has 39 heavy (non-hydrogen) atoms. The predicted octanol–water partition coefficient (Wildman–Crippen LogP) is 11.3. The molecule has 4 heteroatoms. The molecule has 1 aromatic carbocycles. The SMILES string of the molecule is CCCCCCCCCCC(CCCCCCC)(CCCCCCCCC)OC(=O)c1ccccc1C(=O)O. The van der Waals surface area contributed by atoms with Gasteiger partial charge < -0.3 is 9.84 Å². The summed E-state index contributed by atoms with van der Waals surface area (Å²) in [6.07, 6.45) is 27.2. The summed E-state index contributed by atoms with van der Waals surface area (Å²) in [4.78, 5) is 25.3. The van der Waals surface area contributed by atoms with Gasteiger partial charge in [0.15, 0.2) is 0 Å². The van der Waals surface area contributed by atoms with Crippen molar-refractivity contribution in [1.82, 2.24) is 0 Å². The predicted molar refractivity (Wildman–Crippen MR) is 165 cm³/mol. The van der Waals surface area contributed by atoms with Gasteiger partial charge in [-0.3, -0.25) is 0 Å². The Kier molecular flexibility index (Phi) is 20.7. The summed E-state index contributed by atoms with van der Waals surface area (Å²) < 4.78 is 6.42. The highest BCUT2D eigenvalue weighted by Gasteiger charge is 2.34. The van der Waals surface area contributed by atoms with Crippen molar-refractivity contribution in [2.75, 3.05) is 0 Å². The van der Waals surface area contributed by atoms with E-state index in [1.165, 1.54) is 109 Å². The second kappa shape index (κ2) is 22.9. The molecule has 224 valence electrons. The van der Waals surface area contributed by atoms with Crippen LogP contribution in [0.4, 0.5) is 0 Å². The number of hydrogen-bond acceptors (Lipinski definition) is 3. The summed E-state index contributed by atoms with van der Waals surface area (Å²) in [5, 5.41) is 9.67. The zero-order chi connectivity index (χ0) is 28.6. The van der Waals surface area contributed by atoms with E-state index in [2.05, 4.69) is 20.8 Å². The largest absolute Gasteiger partial charge is 0.478 e. The number of hydrogen-bond donors (Lipinski definition) is 1. The Hall–Kier alpha value is -1.84. The maximum absolute atomic E-state index is 13.5. The minimum Gasteiger partial charge on any atom is -0.478 e. The van der Waals surface area contributed by atoms with E-state index >= 15 is 0 Å². The smallest absolute Gasteiger partial charge is 0.339 e. The van der Waals surface area contributed by atoms with E-state index < -0.39 is 17.5 Å². The van der Waals surface area contributed by atoms with Crippen LogP contribution in [0, 0.1) is 0 Å². The first kappa shape index (κ1) is 35.2. The molecule has 0 aromatic heterocycles. The van der Waals surface area contributed by atoms with Crippen molar-refractivity contribution in [2.24, 2.45) is 0 Å². The summed E-state index contributed by atoms with van der Waals surface area (Å²) >= 11 is 0. The van der Waals surface area contributed by atoms with E-state index in [1.54, 1.807) is 18.2 Å². The van der Waals surface area contributed by atoms with Crippen molar-refractivity contribution in [3.63, 3.8) is 0 Å². The van der Waals surface area contributed by atoms with Crippen LogP contribution in [0.3, 0.4) is 0 Å². The van der Waals surface area contributed by atoms with Crippen molar-refractivity contribution < 1.29 is 19.4 Å². The van der Waals surface area contributed by atoms with Gasteiger partial charge in [0.1, 0.15) is 5.60 Å². The van der Waals surface area contributed by atoms with Gasteiger partial charge in [-0.25, -0.2) is 9.59 Å². The Morgan fingerprint density at radius 2 is 0.897 bits per heavy atom. The first-order valence-electron chi connectivity index (χ1n) is 16.5. The molecule has 4 nitrogen and oxygen atoms in total. The molecule has 1 rings (SSSR count). The molecular formula is C35H60O4. The first-order chi connectivity index (χ1) is 19.0. The van der Waals surface area contributed by atoms with Gasteiger partial charge in [-0.2, -0.15) is 0 Å². The van der Waals surface area contributed by atoms with Crippen molar-refractivity contribution >= 4 is 11.9 Å². The van der Waals surface area contributed by atoms with Gasteiger partial charge in [0, 0.05) is 0 Å². The third kappa shape index (κ3) is 16.1. The highest BCUT2D eigenvalue weighted by Crippen LogP contribution is 2.34. The van der Waals surface area contributed by atoms with Crippen LogP contribution in [-0.4, -0.2) is 22.6 Å². The molecule has 0 amide bonds. The van der Waals surface area contributed by atoms with E-state index in [1.807, 2.05) is 0 Å². The Morgan fingerprint density at radius 3 is 1.26 bits per heavy atom. The molecule has 1 N–H and O–H groups in total. The van der Waals surface area contributed by atoms with Crippen LogP contribution in [0.5, 0.6) is 0 Å². The number of esters is 1. The fourth-order valence-corrected chi connectivity index (χ4v) is 5.66. The van der Waals surface area contributed by atoms with Gasteiger partial charge in [-0.15, -0.1) is 0 Å². The van der Waals surface area contributed by atoms with Crippen LogP contribution in [0.2, 0.25) is 0 Å². The van der Waals surface area contributed by atoms with Crippen LogP contribution >= 0.6 is 0 Å². The fourth-order valence-electron chi connectivity index (χ4n) is 5.66. The van der Waals surface area contributed by atoms with Gasteiger partial charge in [0.05, 0.1) is 11.1 Å². The Bertz CT molecular complexity index is 759. The topological polar surface area (TPSA) is 63.6 Å². The Balaban J connectivity index is 2.94. The summed E-state index contributed by atoms with van der Waals surface area (Å²) in [6, 6.07) is 6.49. The lowest BCUT2D eigenvalue weighted by molar-refractivity contribution is -0.0362. The second-order valence-electron chi connectivity index (χ2n) is 11.7. The highest BCUT2D eigenvalue weighted by molar-refractivity contribution is 6.02. The normalized spacial score (nSPS) is 12.8. The molecule has 0 heterocycles. The number of rotatable bonds is 26. The van der Waals surface area contributed by atoms with Gasteiger partial charge in [0.2, 0.25) is 0 Å². The van der Waals surface area contributed by atoms with E-state index in [0.717, 1.165) is 44.9 Å². The number of benzene rings is 1. The molecule has 0 aliphatic heterocycles. The van der Waals surface area contributed by atoms with E-state index in [9.17, 15) is 14.7 Å². The number of carboxylic acid groups (broad SMARTS) is 1. The average molecular weight is 545 g/mol. The number of aromatic carboxylic acids is 1. The quantitative estimate of drug-likeness (QED) is 0.0930. The maximum atomic E-state index is 13.5. The minimum absolute atomic E-state index is 0.0300. The molecule has 0 aliphatic carbocycles. The van der Waals surface area contributed by atoms with Crippen LogP contribution in [0.1, 0.15) is 189 Å². The van der Waals surface area contributed by atoms with Crippen LogP contribution in [0.15, 0.2) is 24.3 Å². The molecule has 1 aromatic rings. The summed E-state index contributed by atoms with van der Waals surface area (Å²) in [5.41, 5.74) is -0.293. The van der Waals surface area contributed by atoms with Crippen molar-refractivity contribution in [3.8, 4) is 0 Å². The second-order valence-corrected chi connectivity index (χ2v) is 11.7. The average Bonchev–Trinajstić information content (AvgIpc) is 2.93. The standard InChI is InChI=1S/C35H60O4/c1-4-7-10-13-15-17-20-25-30-35(28-23-18-12-9-6-3,29-24-19-16-14-11-8-5-2)39-34(38)32-27-22-21-26-31(32)33(36)37/h21-22,26-27H,4-20,23-25,28-30H2,1-3H3,(H,36,37). The summed E-state index contributed by atoms with van der Waals surface area (Å²) in [7, 11) is 0. The molecule has 0 spiro atoms. The molecule has 0 saturated carbocycles. The monoisotopic (exact) mass is 544 g/mol. The lowest BCUT2D eigenvalue weighted by Crippen LogP contribution is -2.36. The zero-order valence-corrected chi connectivity index (χ0v) is 25.7. The van der Waals surface area contributed by atoms with E-state index in [-0.39, 0.29) is 11.1 Å². The molecule has 0 radical (unpaired) electrons. The highest BCUT2D eigenvalue weighted by atomic mass is 16.6. The van der Waals surface area contributed by atoms with E-state index in [4.69, 9.17) is 4.74 Å². The van der Waals surface area contributed by atoms with Crippen LogP contribution < -0.4 is 0 Å². The van der Waals surface area contributed by atoms with Gasteiger partial charge in [0.25, 0.3) is 0 Å². The van der Waals surface area contributed by atoms with Gasteiger partial charge in [-0.1, -0.05) is 142 Å². The number of ether oxygens (including phenoxy) is 1. The fraction of sp³-hybridized carbons (Fsp3) is 0.771. The number of unbranched alkanes of at least 4 members (excludes halogenated alkanes) is 17. The van der Waals surface area contributed by atoms with Crippen molar-refractivity contribution in [1.29, 1.82) is 0 Å². The van der Waals surface area contributed by atoms with Gasteiger partial charge >= 0.3 is 11.9 Å². The molecule has 0 fully saturated rings. The number of carbonyl (C=O) groups is 2. The van der Waals surface area contributed by atoms with Crippen molar-refractivity contribution in [3.05, 3.63) is 35.4 Å². The van der Waals surface area contributed by atoms with E-state index in [0.29, 0.717) is 0 Å². The Labute approximate surface area is 240 Å². The first-order valence-corrected chi connectivity index (χ1v) is 16.5. The van der Waals surface area contributed by atoms with Crippen molar-refractivity contribution in [2.45, 2.75) is 174 Å². The number of carbonyl (C=O) groups excluding carboxylic acids is 1. The molecule has 0 aliphatic rings. The molecule has 0 saturated heterocycles. The third-order valence-corrected chi connectivity index (χ3v) is 8.14. The van der Waals surface area contributed by atoms with Crippen LogP contribution in [-0.2, 0) is 4.74 Å². The molecule has 1 atom stereocenters. The Morgan fingerprint density at radius 1 is 0.564 bits per heavy atom. The lowest BCUT2D eigenvalue weighted by atomic mass is 9.84.